The third kappa shape index (κ3) is 3.50. The first-order valence-corrected chi connectivity index (χ1v) is 8.94. The van der Waals surface area contributed by atoms with Gasteiger partial charge in [-0.1, -0.05) is 12.1 Å². The van der Waals surface area contributed by atoms with Gasteiger partial charge in [-0.2, -0.15) is 0 Å². The lowest BCUT2D eigenvalue weighted by Crippen LogP contribution is -2.36. The van der Waals surface area contributed by atoms with Gasteiger partial charge in [0.2, 0.25) is 5.91 Å². The minimum atomic E-state index is -0.702. The van der Waals surface area contributed by atoms with Crippen molar-refractivity contribution in [3.05, 3.63) is 54.3 Å². The van der Waals surface area contributed by atoms with Gasteiger partial charge in [0.15, 0.2) is 0 Å². The summed E-state index contributed by atoms with van der Waals surface area (Å²) in [7, 11) is 0. The molecule has 0 radical (unpaired) electrons. The van der Waals surface area contributed by atoms with Crippen molar-refractivity contribution in [1.29, 1.82) is 0 Å². The molecule has 140 valence electrons. The minimum absolute atomic E-state index is 0.000495. The molecule has 2 aromatic rings. The Labute approximate surface area is 156 Å². The first kappa shape index (κ1) is 17.5. The summed E-state index contributed by atoms with van der Waals surface area (Å²) in [6, 6.07) is 12.8. The van der Waals surface area contributed by atoms with E-state index in [-0.39, 0.29) is 12.1 Å². The van der Waals surface area contributed by atoms with Crippen LogP contribution in [0.15, 0.2) is 48.5 Å². The first-order valence-electron chi connectivity index (χ1n) is 8.94. The molecule has 1 atom stereocenters. The lowest BCUT2D eigenvalue weighted by molar-refractivity contribution is -0.121. The van der Waals surface area contributed by atoms with Crippen LogP contribution < -0.4 is 15.1 Å². The van der Waals surface area contributed by atoms with Crippen LogP contribution >= 0.6 is 0 Å². The van der Waals surface area contributed by atoms with E-state index in [4.69, 9.17) is 4.74 Å². The highest BCUT2D eigenvalue weighted by Gasteiger charge is 2.40. The van der Waals surface area contributed by atoms with E-state index in [1.54, 1.807) is 6.07 Å². The summed E-state index contributed by atoms with van der Waals surface area (Å²) < 4.78 is 19.3. The van der Waals surface area contributed by atoms with Crippen LogP contribution in [-0.2, 0) is 14.3 Å². The summed E-state index contributed by atoms with van der Waals surface area (Å²) in [5.74, 6) is -1.44. The lowest BCUT2D eigenvalue weighted by Gasteiger charge is -2.29. The highest BCUT2D eigenvalue weighted by molar-refractivity contribution is 6.23. The average Bonchev–Trinajstić information content (AvgIpc) is 2.97. The Kier molecular flexibility index (Phi) is 4.77. The highest BCUT2D eigenvalue weighted by Crippen LogP contribution is 2.27. The molecule has 0 aromatic heterocycles. The predicted molar refractivity (Wildman–Crippen MR) is 100 cm³/mol. The lowest BCUT2D eigenvalue weighted by atomic mass is 10.2. The number of nitrogens with zero attached hydrogens (tertiary/aromatic N) is 2. The standard InChI is InChI=1S/C20H20FN3O3/c21-16-3-1-2-4-18(16)24-19(25)13-17(20(24)26)22-14-5-7-15(8-6-14)23-9-11-27-12-10-23/h1-8,17,22H,9-13H2/t17-/m1/s1. The van der Waals surface area contributed by atoms with Gasteiger partial charge >= 0.3 is 0 Å². The Morgan fingerprint density at radius 1 is 1.00 bits per heavy atom. The molecule has 0 aliphatic carbocycles. The Hall–Kier alpha value is -2.93. The van der Waals surface area contributed by atoms with Crippen molar-refractivity contribution in [3.63, 3.8) is 0 Å². The maximum Gasteiger partial charge on any atom is 0.256 e. The minimum Gasteiger partial charge on any atom is -0.378 e. The van der Waals surface area contributed by atoms with Crippen molar-refractivity contribution in [1.82, 2.24) is 0 Å². The number of imide groups is 1. The number of benzene rings is 2. The number of carbonyl (C=O) groups excluding carboxylic acids is 2. The largest absolute Gasteiger partial charge is 0.378 e. The third-order valence-corrected chi connectivity index (χ3v) is 4.82. The third-order valence-electron chi connectivity index (χ3n) is 4.82. The fourth-order valence-corrected chi connectivity index (χ4v) is 3.42. The molecule has 2 fully saturated rings. The fourth-order valence-electron chi connectivity index (χ4n) is 3.42. The number of para-hydroxylation sites is 1. The van der Waals surface area contributed by atoms with Crippen molar-refractivity contribution in [2.24, 2.45) is 0 Å². The molecule has 2 aliphatic rings. The van der Waals surface area contributed by atoms with Crippen molar-refractivity contribution < 1.29 is 18.7 Å². The molecule has 0 spiro atoms. The van der Waals surface area contributed by atoms with Crippen molar-refractivity contribution in [2.45, 2.75) is 12.5 Å². The molecule has 7 heteroatoms. The molecule has 2 saturated heterocycles. The van der Waals surface area contributed by atoms with Crippen LogP contribution in [0.4, 0.5) is 21.5 Å². The molecule has 2 amide bonds. The molecule has 6 nitrogen and oxygen atoms in total. The fraction of sp³-hybridized carbons (Fsp3) is 0.300. The summed E-state index contributed by atoms with van der Waals surface area (Å²) in [6.45, 7) is 3.12. The van der Waals surface area contributed by atoms with E-state index in [0.717, 1.165) is 29.4 Å². The van der Waals surface area contributed by atoms with Crippen LogP contribution in [0.5, 0.6) is 0 Å². The Morgan fingerprint density at radius 3 is 2.41 bits per heavy atom. The van der Waals surface area contributed by atoms with Crippen molar-refractivity contribution in [3.8, 4) is 0 Å². The maximum atomic E-state index is 14.0. The van der Waals surface area contributed by atoms with E-state index >= 15 is 0 Å². The smallest absolute Gasteiger partial charge is 0.256 e. The molecule has 1 N–H and O–H groups in total. The van der Waals surface area contributed by atoms with E-state index in [2.05, 4.69) is 10.2 Å². The van der Waals surface area contributed by atoms with Crippen LogP contribution in [0.2, 0.25) is 0 Å². The predicted octanol–water partition coefficient (Wildman–Crippen LogP) is 2.41. The first-order chi connectivity index (χ1) is 13.1. The van der Waals surface area contributed by atoms with Gasteiger partial charge in [0.1, 0.15) is 11.9 Å². The van der Waals surface area contributed by atoms with Gasteiger partial charge in [0.25, 0.3) is 5.91 Å². The quantitative estimate of drug-likeness (QED) is 0.839. The second-order valence-corrected chi connectivity index (χ2v) is 6.57. The van der Waals surface area contributed by atoms with Crippen LogP contribution in [0.25, 0.3) is 0 Å². The monoisotopic (exact) mass is 369 g/mol. The maximum absolute atomic E-state index is 14.0. The van der Waals surface area contributed by atoms with E-state index < -0.39 is 23.7 Å². The number of carbonyl (C=O) groups is 2. The second kappa shape index (κ2) is 7.36. The normalized spacial score (nSPS) is 20.3. The molecule has 4 rings (SSSR count). The average molecular weight is 369 g/mol. The number of hydrogen-bond donors (Lipinski definition) is 1. The van der Waals surface area contributed by atoms with Gasteiger partial charge in [-0.15, -0.1) is 0 Å². The number of halogens is 1. The van der Waals surface area contributed by atoms with Crippen molar-refractivity contribution in [2.75, 3.05) is 41.4 Å². The molecule has 0 saturated carbocycles. The van der Waals surface area contributed by atoms with Crippen LogP contribution in [0.1, 0.15) is 6.42 Å². The molecule has 2 aliphatic heterocycles. The van der Waals surface area contributed by atoms with E-state index in [1.165, 1.54) is 18.2 Å². The molecular formula is C20H20FN3O3. The topological polar surface area (TPSA) is 61.9 Å². The summed E-state index contributed by atoms with van der Waals surface area (Å²) in [5.41, 5.74) is 1.83. The summed E-state index contributed by atoms with van der Waals surface area (Å²) in [6.07, 6.45) is -0.00160. The van der Waals surface area contributed by atoms with Gasteiger partial charge in [-0.3, -0.25) is 9.59 Å². The summed E-state index contributed by atoms with van der Waals surface area (Å²) in [4.78, 5) is 28.1. The molecule has 2 aromatic carbocycles. The number of morpholine rings is 1. The Balaban J connectivity index is 1.46. The molecular weight excluding hydrogens is 349 g/mol. The zero-order valence-corrected chi connectivity index (χ0v) is 14.7. The van der Waals surface area contributed by atoms with Crippen LogP contribution in [-0.4, -0.2) is 44.2 Å². The molecule has 0 unspecified atom stereocenters. The number of ether oxygens (including phenoxy) is 1. The summed E-state index contributed by atoms with van der Waals surface area (Å²) in [5, 5.41) is 3.09. The van der Waals surface area contributed by atoms with Crippen molar-refractivity contribution >= 4 is 28.9 Å². The zero-order chi connectivity index (χ0) is 18.8. The Morgan fingerprint density at radius 2 is 1.70 bits per heavy atom. The Bertz CT molecular complexity index is 850. The second-order valence-electron chi connectivity index (χ2n) is 6.57. The molecule has 0 bridgehead atoms. The number of hydrogen-bond acceptors (Lipinski definition) is 5. The van der Waals surface area contributed by atoms with Gasteiger partial charge in [0, 0.05) is 24.5 Å². The molecule has 2 heterocycles. The van der Waals surface area contributed by atoms with Crippen LogP contribution in [0.3, 0.4) is 0 Å². The number of anilines is 3. The zero-order valence-electron chi connectivity index (χ0n) is 14.7. The highest BCUT2D eigenvalue weighted by atomic mass is 19.1. The summed E-state index contributed by atoms with van der Waals surface area (Å²) >= 11 is 0. The number of rotatable bonds is 4. The molecule has 27 heavy (non-hydrogen) atoms. The van der Waals surface area contributed by atoms with E-state index in [0.29, 0.717) is 13.2 Å². The van der Waals surface area contributed by atoms with E-state index in [1.807, 2.05) is 24.3 Å². The van der Waals surface area contributed by atoms with Gasteiger partial charge < -0.3 is 15.0 Å². The van der Waals surface area contributed by atoms with Gasteiger partial charge in [-0.25, -0.2) is 9.29 Å². The van der Waals surface area contributed by atoms with Gasteiger partial charge in [-0.05, 0) is 36.4 Å². The van der Waals surface area contributed by atoms with E-state index in [9.17, 15) is 14.0 Å². The SMILES string of the molecule is O=C1C[C@@H](Nc2ccc(N3CCOCC3)cc2)C(=O)N1c1ccccc1F. The van der Waals surface area contributed by atoms with Crippen LogP contribution in [0, 0.1) is 5.82 Å². The number of amides is 2. The van der Waals surface area contributed by atoms with Gasteiger partial charge in [0.05, 0.1) is 25.3 Å². The number of nitrogens with one attached hydrogen (secondary N) is 1.